The molecule has 0 heterocycles. The number of likely N-dealkylation sites (N-methyl/N-ethyl adjacent to an activating group) is 2. The van der Waals surface area contributed by atoms with Crippen molar-refractivity contribution in [3.8, 4) is 5.75 Å². The zero-order chi connectivity index (χ0) is 12.7. The van der Waals surface area contributed by atoms with E-state index in [1.54, 1.807) is 7.11 Å². The summed E-state index contributed by atoms with van der Waals surface area (Å²) >= 11 is 0. The standard InChI is InChI=1S/C14H24N2O/c1-5-10-16(3)11-13(15-2)12-8-6-7-9-14(12)17-4/h6-9,13,15H,5,10-11H2,1-4H3. The van der Waals surface area contributed by atoms with E-state index in [1.165, 1.54) is 12.0 Å². The Bertz CT molecular complexity index is 328. The number of ether oxygens (including phenoxy) is 1. The van der Waals surface area contributed by atoms with E-state index < -0.39 is 0 Å². The molecule has 0 saturated carbocycles. The Hall–Kier alpha value is -1.06. The zero-order valence-electron chi connectivity index (χ0n) is 11.4. The van der Waals surface area contributed by atoms with Gasteiger partial charge >= 0.3 is 0 Å². The third-order valence-corrected chi connectivity index (χ3v) is 2.96. The summed E-state index contributed by atoms with van der Waals surface area (Å²) in [6, 6.07) is 8.51. The van der Waals surface area contributed by atoms with Crippen LogP contribution in [0.15, 0.2) is 24.3 Å². The molecule has 17 heavy (non-hydrogen) atoms. The van der Waals surface area contributed by atoms with Crippen LogP contribution in [0.2, 0.25) is 0 Å². The van der Waals surface area contributed by atoms with Crippen LogP contribution in [0.5, 0.6) is 5.75 Å². The minimum absolute atomic E-state index is 0.308. The Labute approximate surface area is 105 Å². The Morgan fingerprint density at radius 1 is 1.35 bits per heavy atom. The summed E-state index contributed by atoms with van der Waals surface area (Å²) in [7, 11) is 5.88. The lowest BCUT2D eigenvalue weighted by molar-refractivity contribution is 0.292. The van der Waals surface area contributed by atoms with Crippen LogP contribution in [-0.2, 0) is 0 Å². The molecule has 1 rings (SSSR count). The second-order valence-electron chi connectivity index (χ2n) is 4.35. The highest BCUT2D eigenvalue weighted by Gasteiger charge is 2.15. The van der Waals surface area contributed by atoms with Gasteiger partial charge in [0, 0.05) is 18.2 Å². The third kappa shape index (κ3) is 4.02. The highest BCUT2D eigenvalue weighted by atomic mass is 16.5. The molecule has 3 nitrogen and oxygen atoms in total. The molecule has 0 aliphatic carbocycles. The van der Waals surface area contributed by atoms with Crippen LogP contribution < -0.4 is 10.1 Å². The predicted octanol–water partition coefficient (Wildman–Crippen LogP) is 2.30. The lowest BCUT2D eigenvalue weighted by Gasteiger charge is -2.25. The Morgan fingerprint density at radius 3 is 2.65 bits per heavy atom. The number of benzene rings is 1. The van der Waals surface area contributed by atoms with Gasteiger partial charge in [-0.15, -0.1) is 0 Å². The summed E-state index contributed by atoms with van der Waals surface area (Å²) in [5, 5.41) is 3.36. The van der Waals surface area contributed by atoms with Crippen molar-refractivity contribution in [1.82, 2.24) is 10.2 Å². The van der Waals surface area contributed by atoms with Crippen molar-refractivity contribution in [2.45, 2.75) is 19.4 Å². The van der Waals surface area contributed by atoms with Crippen LogP contribution >= 0.6 is 0 Å². The van der Waals surface area contributed by atoms with Gasteiger partial charge in [0.1, 0.15) is 5.75 Å². The van der Waals surface area contributed by atoms with Gasteiger partial charge in [-0.1, -0.05) is 25.1 Å². The van der Waals surface area contributed by atoms with E-state index in [1.807, 2.05) is 19.2 Å². The highest BCUT2D eigenvalue weighted by molar-refractivity contribution is 5.36. The smallest absolute Gasteiger partial charge is 0.123 e. The van der Waals surface area contributed by atoms with Gasteiger partial charge in [0.2, 0.25) is 0 Å². The van der Waals surface area contributed by atoms with Gasteiger partial charge in [0.05, 0.1) is 7.11 Å². The third-order valence-electron chi connectivity index (χ3n) is 2.96. The number of methoxy groups -OCH3 is 1. The molecule has 1 aromatic carbocycles. The second kappa shape index (κ2) is 7.30. The summed E-state index contributed by atoms with van der Waals surface area (Å²) in [4.78, 5) is 2.34. The van der Waals surface area contributed by atoms with E-state index >= 15 is 0 Å². The molecule has 0 bridgehead atoms. The van der Waals surface area contributed by atoms with E-state index in [-0.39, 0.29) is 0 Å². The first kappa shape index (κ1) is 14.0. The van der Waals surface area contributed by atoms with Crippen molar-refractivity contribution >= 4 is 0 Å². The molecule has 3 heteroatoms. The minimum Gasteiger partial charge on any atom is -0.496 e. The number of hydrogen-bond donors (Lipinski definition) is 1. The van der Waals surface area contributed by atoms with Crippen LogP contribution in [0.4, 0.5) is 0 Å². The first-order valence-electron chi connectivity index (χ1n) is 6.21. The summed E-state index contributed by atoms with van der Waals surface area (Å²) in [6.45, 7) is 4.31. The van der Waals surface area contributed by atoms with Crippen LogP contribution in [0.25, 0.3) is 0 Å². The largest absolute Gasteiger partial charge is 0.496 e. The average Bonchev–Trinajstić information content (AvgIpc) is 2.36. The van der Waals surface area contributed by atoms with Crippen molar-refractivity contribution in [2.24, 2.45) is 0 Å². The molecule has 0 spiro atoms. The van der Waals surface area contributed by atoms with Crippen LogP contribution in [-0.4, -0.2) is 39.2 Å². The molecule has 1 aromatic rings. The molecule has 0 aliphatic rings. The molecule has 1 atom stereocenters. The molecule has 96 valence electrons. The predicted molar refractivity (Wildman–Crippen MR) is 72.6 cm³/mol. The molecule has 0 aromatic heterocycles. The van der Waals surface area contributed by atoms with E-state index in [0.29, 0.717) is 6.04 Å². The van der Waals surface area contributed by atoms with Gasteiger partial charge in [0.15, 0.2) is 0 Å². The number of para-hydroxylation sites is 1. The number of rotatable bonds is 7. The topological polar surface area (TPSA) is 24.5 Å². The molecule has 0 radical (unpaired) electrons. The van der Waals surface area contributed by atoms with Crippen LogP contribution in [0.3, 0.4) is 0 Å². The maximum atomic E-state index is 5.41. The second-order valence-corrected chi connectivity index (χ2v) is 4.35. The quantitative estimate of drug-likeness (QED) is 0.786. The number of hydrogen-bond acceptors (Lipinski definition) is 3. The van der Waals surface area contributed by atoms with Crippen molar-refractivity contribution in [3.05, 3.63) is 29.8 Å². The first-order chi connectivity index (χ1) is 8.22. The summed E-state index contributed by atoms with van der Waals surface area (Å²) < 4.78 is 5.41. The van der Waals surface area contributed by atoms with Gasteiger partial charge in [-0.25, -0.2) is 0 Å². The molecule has 0 saturated heterocycles. The van der Waals surface area contributed by atoms with Crippen LogP contribution in [0.1, 0.15) is 24.9 Å². The molecule has 1 unspecified atom stereocenters. The van der Waals surface area contributed by atoms with Crippen molar-refractivity contribution < 1.29 is 4.74 Å². The Kier molecular flexibility index (Phi) is 6.01. The highest BCUT2D eigenvalue weighted by Crippen LogP contribution is 2.24. The zero-order valence-corrected chi connectivity index (χ0v) is 11.4. The maximum Gasteiger partial charge on any atom is 0.123 e. The van der Waals surface area contributed by atoms with Gasteiger partial charge in [0.25, 0.3) is 0 Å². The van der Waals surface area contributed by atoms with Crippen LogP contribution in [0, 0.1) is 0 Å². The van der Waals surface area contributed by atoms with E-state index in [9.17, 15) is 0 Å². The van der Waals surface area contributed by atoms with E-state index in [0.717, 1.165) is 18.8 Å². The van der Waals surface area contributed by atoms with Crippen molar-refractivity contribution in [1.29, 1.82) is 0 Å². The summed E-state index contributed by atoms with van der Waals surface area (Å²) in [6.07, 6.45) is 1.18. The number of nitrogens with one attached hydrogen (secondary N) is 1. The molecular weight excluding hydrogens is 212 g/mol. The molecule has 0 amide bonds. The fourth-order valence-corrected chi connectivity index (χ4v) is 2.08. The average molecular weight is 236 g/mol. The molecule has 0 aliphatic heterocycles. The number of nitrogens with zero attached hydrogens (tertiary/aromatic N) is 1. The van der Waals surface area contributed by atoms with E-state index in [2.05, 4.69) is 36.3 Å². The first-order valence-corrected chi connectivity index (χ1v) is 6.21. The van der Waals surface area contributed by atoms with Gasteiger partial charge in [-0.3, -0.25) is 0 Å². The van der Waals surface area contributed by atoms with Gasteiger partial charge in [-0.2, -0.15) is 0 Å². The minimum atomic E-state index is 0.308. The lowest BCUT2D eigenvalue weighted by atomic mass is 10.1. The van der Waals surface area contributed by atoms with Crippen molar-refractivity contribution in [3.63, 3.8) is 0 Å². The lowest BCUT2D eigenvalue weighted by Crippen LogP contribution is -2.31. The maximum absolute atomic E-state index is 5.41. The Morgan fingerprint density at radius 2 is 2.06 bits per heavy atom. The van der Waals surface area contributed by atoms with Gasteiger partial charge < -0.3 is 15.0 Å². The molecule has 1 N–H and O–H groups in total. The van der Waals surface area contributed by atoms with E-state index in [4.69, 9.17) is 4.74 Å². The molecule has 0 fully saturated rings. The fourth-order valence-electron chi connectivity index (χ4n) is 2.08. The summed E-state index contributed by atoms with van der Waals surface area (Å²) in [5.41, 5.74) is 1.22. The SMILES string of the molecule is CCCN(C)CC(NC)c1ccccc1OC. The molecular formula is C14H24N2O. The fraction of sp³-hybridized carbons (Fsp3) is 0.571. The van der Waals surface area contributed by atoms with Gasteiger partial charge in [-0.05, 0) is 33.1 Å². The summed E-state index contributed by atoms with van der Waals surface area (Å²) in [5.74, 6) is 0.955. The monoisotopic (exact) mass is 236 g/mol. The van der Waals surface area contributed by atoms with Crippen molar-refractivity contribution in [2.75, 3.05) is 34.3 Å². The normalized spacial score (nSPS) is 12.8. The Balaban J connectivity index is 2.78.